The monoisotopic (exact) mass is 709 g/mol. The summed E-state index contributed by atoms with van der Waals surface area (Å²) in [6.45, 7) is 5.65. The quantitative estimate of drug-likeness (QED) is 0.117. The van der Waals surface area contributed by atoms with Crippen molar-refractivity contribution in [2.45, 2.75) is 38.6 Å². The predicted octanol–water partition coefficient (Wildman–Crippen LogP) is 8.18. The highest BCUT2D eigenvalue weighted by atomic mass is 32.1. The summed E-state index contributed by atoms with van der Waals surface area (Å²) in [4.78, 5) is 50.3. The van der Waals surface area contributed by atoms with Crippen molar-refractivity contribution >= 4 is 46.2 Å². The molecule has 2 amide bonds. The molecule has 0 saturated heterocycles. The first-order chi connectivity index (χ1) is 25.0. The van der Waals surface area contributed by atoms with Gasteiger partial charge < -0.3 is 20.6 Å². The molecule has 6 aromatic rings. The first kappa shape index (κ1) is 35.7. The lowest BCUT2D eigenvalue weighted by molar-refractivity contribution is -0.138. The number of anilines is 3. The molecule has 2 heterocycles. The van der Waals surface area contributed by atoms with E-state index < -0.39 is 24.5 Å². The minimum atomic E-state index is -1.17. The number of carbonyl (C=O) groups excluding carboxylic acids is 2. The van der Waals surface area contributed by atoms with E-state index in [4.69, 9.17) is 5.11 Å². The van der Waals surface area contributed by atoms with Crippen LogP contribution in [0.25, 0.3) is 22.5 Å². The molecule has 0 bridgehead atoms. The van der Waals surface area contributed by atoms with Gasteiger partial charge in [-0.05, 0) is 65.1 Å². The topological polar surface area (TPSA) is 125 Å². The van der Waals surface area contributed by atoms with E-state index in [1.165, 1.54) is 11.3 Å². The van der Waals surface area contributed by atoms with E-state index in [2.05, 4.69) is 94.8 Å². The molecule has 3 N–H and O–H groups in total. The van der Waals surface area contributed by atoms with Gasteiger partial charge in [0.2, 0.25) is 5.91 Å². The normalized spacial score (nSPS) is 11.8. The third-order valence-electron chi connectivity index (χ3n) is 8.40. The van der Waals surface area contributed by atoms with Crippen molar-refractivity contribution in [3.8, 4) is 22.5 Å². The molecule has 6 rings (SSSR count). The van der Waals surface area contributed by atoms with Crippen LogP contribution in [0.4, 0.5) is 17.1 Å². The maximum Gasteiger partial charge on any atom is 0.322 e. The van der Waals surface area contributed by atoms with Gasteiger partial charge in [-0.15, -0.1) is 11.3 Å². The minimum absolute atomic E-state index is 0.118. The Bertz CT molecular complexity index is 2090. The third-order valence-corrected chi connectivity index (χ3v) is 9.91. The van der Waals surface area contributed by atoms with Crippen LogP contribution >= 0.6 is 11.3 Å². The molecule has 0 spiro atoms. The fourth-order valence-electron chi connectivity index (χ4n) is 5.64. The van der Waals surface area contributed by atoms with Gasteiger partial charge in [0.25, 0.3) is 5.91 Å². The molecule has 1 unspecified atom stereocenters. The maximum atomic E-state index is 13.1. The summed E-state index contributed by atoms with van der Waals surface area (Å²) in [5.74, 6) is -1.59. The molecule has 52 heavy (non-hydrogen) atoms. The van der Waals surface area contributed by atoms with E-state index in [0.29, 0.717) is 10.7 Å². The van der Waals surface area contributed by atoms with Gasteiger partial charge in [-0.25, -0.2) is 9.97 Å². The number of carboxylic acids is 1. The van der Waals surface area contributed by atoms with Crippen LogP contribution in [0.1, 0.15) is 40.9 Å². The largest absolute Gasteiger partial charge is 0.480 e. The van der Waals surface area contributed by atoms with Crippen LogP contribution in [0.2, 0.25) is 0 Å². The van der Waals surface area contributed by atoms with E-state index in [-0.39, 0.29) is 17.7 Å². The Hall–Kier alpha value is -6.13. The number of carboxylic acid groups (broad SMARTS) is 1. The highest BCUT2D eigenvalue weighted by molar-refractivity contribution is 7.14. The summed E-state index contributed by atoms with van der Waals surface area (Å²) >= 11 is 1.37. The Morgan fingerprint density at radius 3 is 1.81 bits per heavy atom. The van der Waals surface area contributed by atoms with Crippen molar-refractivity contribution in [1.82, 2.24) is 20.6 Å². The minimum Gasteiger partial charge on any atom is -0.480 e. The zero-order valence-corrected chi connectivity index (χ0v) is 29.9. The summed E-state index contributed by atoms with van der Waals surface area (Å²) in [6.07, 6.45) is 3.76. The second kappa shape index (κ2) is 15.8. The summed E-state index contributed by atoms with van der Waals surface area (Å²) in [5, 5.41) is 14.3. The van der Waals surface area contributed by atoms with Gasteiger partial charge in [-0.1, -0.05) is 93.6 Å². The summed E-state index contributed by atoms with van der Waals surface area (Å²) < 4.78 is 0. The standard InChI is InChI=1S/C42H39N5O4S/c1-42(2,3)37-23-22-36(52-37)41(51)46-35(40(50)45-27-38(48)49)24-28-14-16-30(17-15-28)39-43-25-31(26-44-39)29-18-20-34(21-19-29)47(32-10-6-4-7-11-32)33-12-8-5-9-13-33/h4-23,25-26,35H,24,27H2,1-3H3,(H,45,50)(H,46,51)(H,48,49). The van der Waals surface area contributed by atoms with Crippen molar-refractivity contribution in [1.29, 1.82) is 0 Å². The van der Waals surface area contributed by atoms with E-state index in [1.807, 2.05) is 66.7 Å². The molecule has 4 aromatic carbocycles. The Kier molecular flexibility index (Phi) is 10.9. The first-order valence-electron chi connectivity index (χ1n) is 16.9. The van der Waals surface area contributed by atoms with Crippen LogP contribution in [-0.2, 0) is 21.4 Å². The fraction of sp³-hybridized carbons (Fsp3) is 0.167. The van der Waals surface area contributed by atoms with Gasteiger partial charge in [0.15, 0.2) is 5.82 Å². The number of aliphatic carboxylic acids is 1. The molecule has 9 nitrogen and oxygen atoms in total. The SMILES string of the molecule is CC(C)(C)c1ccc(C(=O)NC(Cc2ccc(-c3ncc(-c4ccc(N(c5ccccc5)c5ccccc5)cc4)cn3)cc2)C(=O)NCC(=O)O)s1. The number of aromatic nitrogens is 2. The zero-order valence-electron chi connectivity index (χ0n) is 29.1. The Morgan fingerprint density at radius 2 is 1.27 bits per heavy atom. The molecule has 10 heteroatoms. The van der Waals surface area contributed by atoms with E-state index in [9.17, 15) is 14.4 Å². The van der Waals surface area contributed by atoms with Gasteiger partial charge in [-0.2, -0.15) is 0 Å². The van der Waals surface area contributed by atoms with Crippen LogP contribution < -0.4 is 15.5 Å². The molecular formula is C42H39N5O4S. The number of para-hydroxylation sites is 2. The fourth-order valence-corrected chi connectivity index (χ4v) is 6.61. The number of hydrogen-bond acceptors (Lipinski definition) is 7. The van der Waals surface area contributed by atoms with Crippen LogP contribution in [-0.4, -0.2) is 45.4 Å². The summed E-state index contributed by atoms with van der Waals surface area (Å²) in [6, 6.07) is 38.9. The van der Waals surface area contributed by atoms with Gasteiger partial charge in [0.1, 0.15) is 12.6 Å². The zero-order chi connectivity index (χ0) is 36.7. The van der Waals surface area contributed by atoms with E-state index >= 15 is 0 Å². The lowest BCUT2D eigenvalue weighted by Crippen LogP contribution is -2.49. The smallest absolute Gasteiger partial charge is 0.322 e. The number of rotatable bonds is 12. The number of nitrogens with zero attached hydrogens (tertiary/aromatic N) is 3. The van der Waals surface area contributed by atoms with E-state index in [0.717, 1.165) is 44.2 Å². The molecular weight excluding hydrogens is 671 g/mol. The molecule has 262 valence electrons. The van der Waals surface area contributed by atoms with Gasteiger partial charge >= 0.3 is 5.97 Å². The molecule has 0 aliphatic heterocycles. The Morgan fingerprint density at radius 1 is 0.712 bits per heavy atom. The Labute approximate surface area is 307 Å². The number of benzene rings is 4. The molecule has 2 aromatic heterocycles. The highest BCUT2D eigenvalue weighted by Crippen LogP contribution is 2.35. The van der Waals surface area contributed by atoms with Crippen LogP contribution in [0.5, 0.6) is 0 Å². The van der Waals surface area contributed by atoms with Gasteiger partial charge in [0.05, 0.1) is 4.88 Å². The lowest BCUT2D eigenvalue weighted by atomic mass is 9.95. The predicted molar refractivity (Wildman–Crippen MR) is 206 cm³/mol. The first-order valence-corrected chi connectivity index (χ1v) is 17.7. The van der Waals surface area contributed by atoms with Crippen LogP contribution in [0.3, 0.4) is 0 Å². The molecule has 0 radical (unpaired) electrons. The van der Waals surface area contributed by atoms with Crippen LogP contribution in [0.15, 0.2) is 134 Å². The van der Waals surface area contributed by atoms with Crippen molar-refractivity contribution in [2.24, 2.45) is 0 Å². The van der Waals surface area contributed by atoms with Crippen molar-refractivity contribution in [2.75, 3.05) is 11.4 Å². The van der Waals surface area contributed by atoms with Crippen molar-refractivity contribution in [3.05, 3.63) is 149 Å². The van der Waals surface area contributed by atoms with Gasteiger partial charge in [-0.3, -0.25) is 14.4 Å². The third kappa shape index (κ3) is 8.77. The number of amides is 2. The maximum absolute atomic E-state index is 13.1. The lowest BCUT2D eigenvalue weighted by Gasteiger charge is -2.25. The second-order valence-electron chi connectivity index (χ2n) is 13.3. The number of carbonyl (C=O) groups is 3. The number of nitrogens with one attached hydrogen (secondary N) is 2. The molecule has 0 saturated carbocycles. The second-order valence-corrected chi connectivity index (χ2v) is 14.4. The number of thiophene rings is 1. The molecule has 0 aliphatic rings. The molecule has 1 atom stereocenters. The average molecular weight is 710 g/mol. The molecule has 0 aliphatic carbocycles. The summed E-state index contributed by atoms with van der Waals surface area (Å²) in [7, 11) is 0. The summed E-state index contributed by atoms with van der Waals surface area (Å²) in [5.41, 5.74) is 6.47. The van der Waals surface area contributed by atoms with Crippen molar-refractivity contribution in [3.63, 3.8) is 0 Å². The highest BCUT2D eigenvalue weighted by Gasteiger charge is 2.25. The molecule has 0 fully saturated rings. The van der Waals surface area contributed by atoms with E-state index in [1.54, 1.807) is 18.5 Å². The van der Waals surface area contributed by atoms with Gasteiger partial charge in [0, 0.05) is 51.9 Å². The van der Waals surface area contributed by atoms with Crippen molar-refractivity contribution < 1.29 is 19.5 Å². The average Bonchev–Trinajstić information content (AvgIpc) is 3.67. The number of hydrogen-bond donors (Lipinski definition) is 3. The Balaban J connectivity index is 1.15. The van der Waals surface area contributed by atoms with Crippen LogP contribution in [0, 0.1) is 0 Å².